The lowest BCUT2D eigenvalue weighted by Crippen LogP contribution is -2.54. The molecule has 0 saturated heterocycles. The van der Waals surface area contributed by atoms with E-state index in [0.29, 0.717) is 21.6 Å². The van der Waals surface area contributed by atoms with Crippen molar-refractivity contribution in [1.29, 1.82) is 0 Å². The van der Waals surface area contributed by atoms with Crippen molar-refractivity contribution >= 4 is 10.1 Å². The van der Waals surface area contributed by atoms with Gasteiger partial charge >= 0.3 is 0 Å². The van der Waals surface area contributed by atoms with Crippen LogP contribution in [0.1, 0.15) is 117 Å². The fourth-order valence-electron chi connectivity index (χ4n) is 10.3. The SMILES string of the molecule is Cc1ccc(S(=O)(=O)O[C@H]2CC[C@@]3(C)[C@@H](CC[C@@H]4[C@H]3CC[C@@]3(C)[C@H]4CC[C@H]3[C@H](C)CCCC(C)C)C2)cc1. The van der Waals surface area contributed by atoms with E-state index in [1.54, 1.807) is 12.1 Å². The van der Waals surface area contributed by atoms with Crippen LogP contribution < -0.4 is 0 Å². The zero-order valence-corrected chi connectivity index (χ0v) is 25.9. The van der Waals surface area contributed by atoms with Crippen molar-refractivity contribution in [2.24, 2.45) is 52.3 Å². The van der Waals surface area contributed by atoms with Crippen LogP contribution in [-0.4, -0.2) is 14.5 Å². The number of fused-ring (bicyclic) bond motifs is 5. The van der Waals surface area contributed by atoms with Crippen LogP contribution in [0, 0.1) is 59.2 Å². The standard InChI is InChI=1S/C34H54O3S/c1-23(2)8-7-9-25(4)30-16-17-31-29-15-12-26-22-27(37-38(35,36)28-13-10-24(3)11-14-28)18-20-33(26,5)32(29)19-21-34(30,31)6/h10-11,13-14,23,25-27,29-32H,7-9,12,15-22H2,1-6H3/t25-,26+,27+,29+,30+,31+,32-,33+,34-/m1/s1. The first-order valence-electron chi connectivity index (χ1n) is 15.9. The number of rotatable bonds is 8. The summed E-state index contributed by atoms with van der Waals surface area (Å²) in [6.45, 7) is 14.5. The third-order valence-electron chi connectivity index (χ3n) is 12.4. The van der Waals surface area contributed by atoms with Gasteiger partial charge in [0.15, 0.2) is 0 Å². The second-order valence-electron chi connectivity index (χ2n) is 14.9. The van der Waals surface area contributed by atoms with Gasteiger partial charge in [0.2, 0.25) is 0 Å². The first kappa shape index (κ1) is 28.7. The van der Waals surface area contributed by atoms with Crippen LogP contribution in [0.2, 0.25) is 0 Å². The largest absolute Gasteiger partial charge is 0.297 e. The topological polar surface area (TPSA) is 43.4 Å². The molecule has 0 radical (unpaired) electrons. The third kappa shape index (κ3) is 5.27. The molecule has 5 rings (SSSR count). The summed E-state index contributed by atoms with van der Waals surface area (Å²) in [5.74, 6) is 5.75. The number of hydrogen-bond donors (Lipinski definition) is 0. The highest BCUT2D eigenvalue weighted by Gasteiger charge is 2.60. The summed E-state index contributed by atoms with van der Waals surface area (Å²) in [5.41, 5.74) is 1.94. The second-order valence-corrected chi connectivity index (χ2v) is 16.5. The molecule has 0 aromatic heterocycles. The van der Waals surface area contributed by atoms with E-state index >= 15 is 0 Å². The Hall–Kier alpha value is -0.870. The molecule has 1 aromatic rings. The molecule has 4 heteroatoms. The van der Waals surface area contributed by atoms with Crippen LogP contribution in [0.15, 0.2) is 29.2 Å². The molecule has 0 bridgehead atoms. The van der Waals surface area contributed by atoms with E-state index < -0.39 is 10.1 Å². The lowest BCUT2D eigenvalue weighted by atomic mass is 9.44. The summed E-state index contributed by atoms with van der Waals surface area (Å²) in [7, 11) is -3.70. The Balaban J connectivity index is 1.24. The molecular weight excluding hydrogens is 488 g/mol. The van der Waals surface area contributed by atoms with Crippen LogP contribution in [0.5, 0.6) is 0 Å². The minimum Gasteiger partial charge on any atom is -0.263 e. The molecule has 0 heterocycles. The highest BCUT2D eigenvalue weighted by Crippen LogP contribution is 2.68. The Morgan fingerprint density at radius 2 is 1.55 bits per heavy atom. The lowest BCUT2D eigenvalue weighted by Gasteiger charge is -2.61. The van der Waals surface area contributed by atoms with Crippen LogP contribution >= 0.6 is 0 Å². The van der Waals surface area contributed by atoms with Gasteiger partial charge in [0.25, 0.3) is 10.1 Å². The predicted octanol–water partition coefficient (Wildman–Crippen LogP) is 9.19. The van der Waals surface area contributed by atoms with Gasteiger partial charge in [0, 0.05) is 0 Å². The summed E-state index contributed by atoms with van der Waals surface area (Å²) >= 11 is 0. The summed E-state index contributed by atoms with van der Waals surface area (Å²) in [6, 6.07) is 7.07. The molecule has 214 valence electrons. The summed E-state index contributed by atoms with van der Waals surface area (Å²) in [5, 5.41) is 0. The van der Waals surface area contributed by atoms with Crippen molar-refractivity contribution < 1.29 is 12.6 Å². The minimum absolute atomic E-state index is 0.174. The monoisotopic (exact) mass is 542 g/mol. The highest BCUT2D eigenvalue weighted by atomic mass is 32.2. The summed E-state index contributed by atoms with van der Waals surface area (Å²) in [4.78, 5) is 0.293. The van der Waals surface area contributed by atoms with E-state index in [9.17, 15) is 8.42 Å². The van der Waals surface area contributed by atoms with Gasteiger partial charge in [0.05, 0.1) is 11.0 Å². The normalized spacial score (nSPS) is 39.9. The predicted molar refractivity (Wildman–Crippen MR) is 156 cm³/mol. The minimum atomic E-state index is -3.70. The first-order valence-corrected chi connectivity index (χ1v) is 17.3. The molecule has 0 aliphatic heterocycles. The van der Waals surface area contributed by atoms with Gasteiger partial charge in [-0.05, 0) is 129 Å². The Kier molecular flexibility index (Phi) is 8.17. The fourth-order valence-corrected chi connectivity index (χ4v) is 11.4. The van der Waals surface area contributed by atoms with Gasteiger partial charge in [-0.3, -0.25) is 4.18 Å². The van der Waals surface area contributed by atoms with Crippen molar-refractivity contribution in [2.45, 2.75) is 130 Å². The fraction of sp³-hybridized carbons (Fsp3) is 0.824. The molecule has 9 atom stereocenters. The third-order valence-corrected chi connectivity index (χ3v) is 13.8. The van der Waals surface area contributed by atoms with Crippen molar-refractivity contribution in [1.82, 2.24) is 0 Å². The molecule has 4 aliphatic rings. The van der Waals surface area contributed by atoms with E-state index in [1.165, 1.54) is 57.8 Å². The zero-order chi connectivity index (χ0) is 27.3. The van der Waals surface area contributed by atoms with Crippen LogP contribution in [-0.2, 0) is 14.3 Å². The Bertz CT molecular complexity index is 1060. The van der Waals surface area contributed by atoms with E-state index in [2.05, 4.69) is 34.6 Å². The smallest absolute Gasteiger partial charge is 0.263 e. The molecule has 0 spiro atoms. The lowest BCUT2D eigenvalue weighted by molar-refractivity contribution is -0.126. The van der Waals surface area contributed by atoms with Crippen LogP contribution in [0.3, 0.4) is 0 Å². The van der Waals surface area contributed by atoms with Gasteiger partial charge in [-0.2, -0.15) is 8.42 Å². The van der Waals surface area contributed by atoms with E-state index in [1.807, 2.05) is 19.1 Å². The molecule has 0 amide bonds. The summed E-state index contributed by atoms with van der Waals surface area (Å²) < 4.78 is 31.9. The molecule has 4 saturated carbocycles. The first-order chi connectivity index (χ1) is 17.9. The quantitative estimate of drug-likeness (QED) is 0.308. The van der Waals surface area contributed by atoms with Crippen LogP contribution in [0.4, 0.5) is 0 Å². The van der Waals surface area contributed by atoms with Crippen molar-refractivity contribution in [3.63, 3.8) is 0 Å². The Labute approximate surface area is 234 Å². The molecular formula is C34H54O3S. The number of hydrogen-bond acceptors (Lipinski definition) is 3. The summed E-state index contributed by atoms with van der Waals surface area (Å²) in [6.07, 6.45) is 15.2. The average molecular weight is 543 g/mol. The van der Waals surface area contributed by atoms with Gasteiger partial charge in [-0.25, -0.2) is 0 Å². The van der Waals surface area contributed by atoms with Gasteiger partial charge < -0.3 is 0 Å². The molecule has 38 heavy (non-hydrogen) atoms. The van der Waals surface area contributed by atoms with Crippen molar-refractivity contribution in [3.05, 3.63) is 29.8 Å². The highest BCUT2D eigenvalue weighted by molar-refractivity contribution is 7.86. The molecule has 3 nitrogen and oxygen atoms in total. The van der Waals surface area contributed by atoms with Crippen molar-refractivity contribution in [2.75, 3.05) is 0 Å². The maximum atomic E-state index is 13.0. The zero-order valence-electron chi connectivity index (χ0n) is 25.0. The van der Waals surface area contributed by atoms with E-state index in [0.717, 1.165) is 60.3 Å². The Morgan fingerprint density at radius 3 is 2.26 bits per heavy atom. The number of benzene rings is 1. The van der Waals surface area contributed by atoms with E-state index in [-0.39, 0.29) is 6.10 Å². The van der Waals surface area contributed by atoms with Gasteiger partial charge in [-0.15, -0.1) is 0 Å². The molecule has 0 N–H and O–H groups in total. The molecule has 1 aromatic carbocycles. The van der Waals surface area contributed by atoms with Crippen LogP contribution in [0.25, 0.3) is 0 Å². The molecule has 4 fully saturated rings. The van der Waals surface area contributed by atoms with Gasteiger partial charge in [-0.1, -0.05) is 71.6 Å². The second kappa shape index (κ2) is 10.8. The van der Waals surface area contributed by atoms with Crippen molar-refractivity contribution in [3.8, 4) is 0 Å². The van der Waals surface area contributed by atoms with Gasteiger partial charge in [0.1, 0.15) is 0 Å². The Morgan fingerprint density at radius 1 is 0.868 bits per heavy atom. The molecule has 4 aliphatic carbocycles. The molecule has 0 unspecified atom stereocenters. The maximum Gasteiger partial charge on any atom is 0.297 e. The number of aryl methyl sites for hydroxylation is 1. The van der Waals surface area contributed by atoms with E-state index in [4.69, 9.17) is 4.18 Å². The maximum absolute atomic E-state index is 13.0. The average Bonchev–Trinajstić information content (AvgIpc) is 3.21.